The van der Waals surface area contributed by atoms with Crippen molar-refractivity contribution in [3.63, 3.8) is 0 Å². The SMILES string of the molecule is CC(CO)CS(=O)(=O)N1CCN(C=O)CC1. The van der Waals surface area contributed by atoms with E-state index in [0.29, 0.717) is 26.2 Å². The van der Waals surface area contributed by atoms with Crippen molar-refractivity contribution in [2.75, 3.05) is 38.5 Å². The second-order valence-electron chi connectivity index (χ2n) is 4.11. The Balaban J connectivity index is 2.54. The molecule has 0 bridgehead atoms. The third-order valence-corrected chi connectivity index (χ3v) is 4.76. The van der Waals surface area contributed by atoms with Gasteiger partial charge in [0.2, 0.25) is 16.4 Å². The van der Waals surface area contributed by atoms with Crippen molar-refractivity contribution < 1.29 is 18.3 Å². The molecule has 1 unspecified atom stereocenters. The van der Waals surface area contributed by atoms with Crippen LogP contribution in [0.5, 0.6) is 0 Å². The molecule has 1 rings (SSSR count). The molecule has 0 aromatic rings. The summed E-state index contributed by atoms with van der Waals surface area (Å²) < 4.78 is 25.1. The van der Waals surface area contributed by atoms with Gasteiger partial charge in [-0.2, -0.15) is 4.31 Å². The maximum atomic E-state index is 11.9. The molecule has 0 aromatic carbocycles. The number of hydrogen-bond donors (Lipinski definition) is 1. The molecule has 0 aliphatic carbocycles. The number of carbonyl (C=O) groups excluding carboxylic acids is 1. The number of aliphatic hydroxyl groups is 1. The second kappa shape index (κ2) is 5.60. The summed E-state index contributed by atoms with van der Waals surface area (Å²) in [5.41, 5.74) is 0. The molecule has 0 aromatic heterocycles. The second-order valence-corrected chi connectivity index (χ2v) is 6.12. The number of hydrogen-bond acceptors (Lipinski definition) is 4. The molecule has 0 saturated carbocycles. The van der Waals surface area contributed by atoms with Gasteiger partial charge in [0.1, 0.15) is 0 Å². The van der Waals surface area contributed by atoms with Crippen LogP contribution in [0.4, 0.5) is 0 Å². The fraction of sp³-hybridized carbons (Fsp3) is 0.889. The van der Waals surface area contributed by atoms with Crippen LogP contribution in [-0.2, 0) is 14.8 Å². The first kappa shape index (κ1) is 13.4. The number of carbonyl (C=O) groups is 1. The molecule has 6 nitrogen and oxygen atoms in total. The van der Waals surface area contributed by atoms with Crippen LogP contribution in [0.25, 0.3) is 0 Å². The minimum Gasteiger partial charge on any atom is -0.396 e. The van der Waals surface area contributed by atoms with Crippen molar-refractivity contribution in [3.05, 3.63) is 0 Å². The first-order chi connectivity index (χ1) is 7.49. The minimum absolute atomic E-state index is 0.0371. The molecule has 0 radical (unpaired) electrons. The van der Waals surface area contributed by atoms with Crippen LogP contribution >= 0.6 is 0 Å². The maximum Gasteiger partial charge on any atom is 0.214 e. The summed E-state index contributed by atoms with van der Waals surface area (Å²) in [4.78, 5) is 12.0. The summed E-state index contributed by atoms with van der Waals surface area (Å²) in [5.74, 6) is -0.293. The fourth-order valence-electron chi connectivity index (χ4n) is 1.60. The first-order valence-electron chi connectivity index (χ1n) is 5.27. The standard InChI is InChI=1S/C9H18N2O4S/c1-9(6-12)7-16(14,15)11-4-2-10(8-13)3-5-11/h8-9,12H,2-7H2,1H3. The van der Waals surface area contributed by atoms with Gasteiger partial charge in [-0.1, -0.05) is 6.92 Å². The Morgan fingerprint density at radius 2 is 1.88 bits per heavy atom. The van der Waals surface area contributed by atoms with Crippen LogP contribution in [0.1, 0.15) is 6.92 Å². The average molecular weight is 250 g/mol. The normalized spacial score (nSPS) is 20.8. The van der Waals surface area contributed by atoms with Crippen LogP contribution in [0, 0.1) is 5.92 Å². The van der Waals surface area contributed by atoms with Gasteiger partial charge in [-0.15, -0.1) is 0 Å². The van der Waals surface area contributed by atoms with Gasteiger partial charge in [0.25, 0.3) is 0 Å². The van der Waals surface area contributed by atoms with E-state index in [4.69, 9.17) is 5.11 Å². The minimum atomic E-state index is -3.30. The molecule has 1 amide bonds. The number of rotatable bonds is 5. The summed E-state index contributed by atoms with van der Waals surface area (Å²) in [7, 11) is -3.30. The van der Waals surface area contributed by atoms with Gasteiger partial charge in [-0.05, 0) is 5.92 Å². The number of amides is 1. The third kappa shape index (κ3) is 3.43. The van der Waals surface area contributed by atoms with Gasteiger partial charge >= 0.3 is 0 Å². The van der Waals surface area contributed by atoms with Gasteiger partial charge in [0.15, 0.2) is 0 Å². The Kier molecular flexibility index (Phi) is 4.69. The highest BCUT2D eigenvalue weighted by Gasteiger charge is 2.27. The Bertz CT molecular complexity index is 322. The first-order valence-corrected chi connectivity index (χ1v) is 6.88. The summed E-state index contributed by atoms with van der Waals surface area (Å²) >= 11 is 0. The van der Waals surface area contributed by atoms with Crippen LogP contribution in [0.2, 0.25) is 0 Å². The zero-order chi connectivity index (χ0) is 12.2. The third-order valence-electron chi connectivity index (χ3n) is 2.62. The van der Waals surface area contributed by atoms with E-state index in [1.807, 2.05) is 0 Å². The molecule has 1 saturated heterocycles. The zero-order valence-electron chi connectivity index (χ0n) is 9.37. The van der Waals surface area contributed by atoms with Crippen molar-refractivity contribution in [2.24, 2.45) is 5.92 Å². The van der Waals surface area contributed by atoms with Crippen molar-refractivity contribution in [1.82, 2.24) is 9.21 Å². The molecule has 7 heteroatoms. The highest BCUT2D eigenvalue weighted by molar-refractivity contribution is 7.89. The number of sulfonamides is 1. The Morgan fingerprint density at radius 1 is 1.31 bits per heavy atom. The van der Waals surface area contributed by atoms with Crippen LogP contribution in [-0.4, -0.2) is 67.7 Å². The molecule has 1 atom stereocenters. The van der Waals surface area contributed by atoms with Gasteiger partial charge < -0.3 is 10.0 Å². The van der Waals surface area contributed by atoms with Gasteiger partial charge in [-0.3, -0.25) is 4.79 Å². The van der Waals surface area contributed by atoms with E-state index in [-0.39, 0.29) is 18.3 Å². The molecular formula is C9H18N2O4S. The number of nitrogens with zero attached hydrogens (tertiary/aromatic N) is 2. The molecule has 1 aliphatic heterocycles. The lowest BCUT2D eigenvalue weighted by molar-refractivity contribution is -0.119. The summed E-state index contributed by atoms with van der Waals surface area (Å²) in [5, 5.41) is 8.84. The van der Waals surface area contributed by atoms with Gasteiger partial charge in [-0.25, -0.2) is 8.42 Å². The lowest BCUT2D eigenvalue weighted by Gasteiger charge is -2.32. The maximum absolute atomic E-state index is 11.9. The van der Waals surface area contributed by atoms with Crippen LogP contribution < -0.4 is 0 Å². The summed E-state index contributed by atoms with van der Waals surface area (Å²) in [6.07, 6.45) is 0.736. The van der Waals surface area contributed by atoms with Crippen molar-refractivity contribution in [1.29, 1.82) is 0 Å². The van der Waals surface area contributed by atoms with Crippen molar-refractivity contribution in [3.8, 4) is 0 Å². The Hall–Kier alpha value is -0.660. The highest BCUT2D eigenvalue weighted by Crippen LogP contribution is 2.10. The quantitative estimate of drug-likeness (QED) is 0.616. The number of aliphatic hydroxyl groups excluding tert-OH is 1. The van der Waals surface area contributed by atoms with Gasteiger partial charge in [0.05, 0.1) is 5.75 Å². The lowest BCUT2D eigenvalue weighted by Crippen LogP contribution is -2.49. The van der Waals surface area contributed by atoms with Crippen LogP contribution in [0.3, 0.4) is 0 Å². The van der Waals surface area contributed by atoms with Crippen LogP contribution in [0.15, 0.2) is 0 Å². The molecule has 16 heavy (non-hydrogen) atoms. The summed E-state index contributed by atoms with van der Waals surface area (Å²) in [6, 6.07) is 0. The molecule has 1 N–H and O–H groups in total. The van der Waals surface area contributed by atoms with Gasteiger partial charge in [0, 0.05) is 32.8 Å². The summed E-state index contributed by atoms with van der Waals surface area (Å²) in [6.45, 7) is 3.14. The van der Waals surface area contributed by atoms with E-state index in [1.54, 1.807) is 11.8 Å². The monoisotopic (exact) mass is 250 g/mol. The topological polar surface area (TPSA) is 77.9 Å². The van der Waals surface area contributed by atoms with E-state index in [9.17, 15) is 13.2 Å². The highest BCUT2D eigenvalue weighted by atomic mass is 32.2. The molecular weight excluding hydrogens is 232 g/mol. The van der Waals surface area contributed by atoms with Crippen molar-refractivity contribution >= 4 is 16.4 Å². The largest absolute Gasteiger partial charge is 0.396 e. The van der Waals surface area contributed by atoms with Crippen molar-refractivity contribution in [2.45, 2.75) is 6.92 Å². The Labute approximate surface area is 95.9 Å². The van der Waals surface area contributed by atoms with E-state index < -0.39 is 10.0 Å². The molecule has 1 aliphatic rings. The molecule has 94 valence electrons. The molecule has 1 heterocycles. The smallest absolute Gasteiger partial charge is 0.214 e. The average Bonchev–Trinajstić information content (AvgIpc) is 2.28. The zero-order valence-corrected chi connectivity index (χ0v) is 10.2. The van der Waals surface area contributed by atoms with E-state index in [0.717, 1.165) is 6.41 Å². The van der Waals surface area contributed by atoms with E-state index >= 15 is 0 Å². The predicted octanol–water partition coefficient (Wildman–Crippen LogP) is -1.28. The predicted molar refractivity (Wildman–Crippen MR) is 59.2 cm³/mol. The fourth-order valence-corrected chi connectivity index (χ4v) is 3.36. The van der Waals surface area contributed by atoms with E-state index in [1.165, 1.54) is 4.31 Å². The van der Waals surface area contributed by atoms with E-state index in [2.05, 4.69) is 0 Å². The molecule has 1 fully saturated rings. The Morgan fingerprint density at radius 3 is 2.31 bits per heavy atom. The molecule has 0 spiro atoms. The number of piperazine rings is 1. The lowest BCUT2D eigenvalue weighted by atomic mass is 10.2.